The SMILES string of the molecule is Fc1ccc(/C=N\Nc2nc(Nc3ccc(F)cc3)nc(N3CCCCC3)n2)cc1. The van der Waals surface area contributed by atoms with E-state index in [1.54, 1.807) is 30.5 Å². The molecule has 2 heterocycles. The fraction of sp³-hybridized carbons (Fsp3) is 0.238. The molecule has 0 radical (unpaired) electrons. The van der Waals surface area contributed by atoms with Gasteiger partial charge in [-0.05, 0) is 61.2 Å². The summed E-state index contributed by atoms with van der Waals surface area (Å²) in [4.78, 5) is 15.5. The molecule has 1 aliphatic heterocycles. The number of aromatic nitrogens is 3. The summed E-state index contributed by atoms with van der Waals surface area (Å²) in [5, 5.41) is 7.22. The third kappa shape index (κ3) is 5.25. The molecule has 2 N–H and O–H groups in total. The molecule has 0 aliphatic carbocycles. The number of rotatable bonds is 6. The van der Waals surface area contributed by atoms with Gasteiger partial charge in [-0.3, -0.25) is 0 Å². The van der Waals surface area contributed by atoms with E-state index in [4.69, 9.17) is 0 Å². The van der Waals surface area contributed by atoms with Crippen molar-refractivity contribution in [3.63, 3.8) is 0 Å². The van der Waals surface area contributed by atoms with Crippen molar-refractivity contribution < 1.29 is 8.78 Å². The molecule has 9 heteroatoms. The van der Waals surface area contributed by atoms with Gasteiger partial charge in [-0.2, -0.15) is 20.1 Å². The molecule has 1 aliphatic rings. The first kappa shape index (κ1) is 19.7. The number of hydrogen-bond acceptors (Lipinski definition) is 7. The number of nitrogens with zero attached hydrogens (tertiary/aromatic N) is 5. The van der Waals surface area contributed by atoms with Gasteiger partial charge < -0.3 is 10.2 Å². The zero-order valence-corrected chi connectivity index (χ0v) is 16.2. The van der Waals surface area contributed by atoms with Crippen molar-refractivity contribution in [2.45, 2.75) is 19.3 Å². The Bertz CT molecular complexity index is 1000. The summed E-state index contributed by atoms with van der Waals surface area (Å²) >= 11 is 0. The Morgan fingerprint density at radius 1 is 0.800 bits per heavy atom. The minimum Gasteiger partial charge on any atom is -0.341 e. The highest BCUT2D eigenvalue weighted by Crippen LogP contribution is 2.21. The smallest absolute Gasteiger partial charge is 0.250 e. The van der Waals surface area contributed by atoms with E-state index in [2.05, 4.69) is 35.7 Å². The molecule has 1 saturated heterocycles. The average Bonchev–Trinajstić information content (AvgIpc) is 2.77. The van der Waals surface area contributed by atoms with Gasteiger partial charge in [-0.25, -0.2) is 14.2 Å². The van der Waals surface area contributed by atoms with Gasteiger partial charge in [-0.1, -0.05) is 12.1 Å². The van der Waals surface area contributed by atoms with Crippen LogP contribution in [0.2, 0.25) is 0 Å². The van der Waals surface area contributed by atoms with Crippen molar-refractivity contribution in [1.29, 1.82) is 0 Å². The van der Waals surface area contributed by atoms with Crippen LogP contribution in [0.25, 0.3) is 0 Å². The van der Waals surface area contributed by atoms with Crippen molar-refractivity contribution in [1.82, 2.24) is 15.0 Å². The van der Waals surface area contributed by atoms with E-state index in [-0.39, 0.29) is 17.6 Å². The van der Waals surface area contributed by atoms with Gasteiger partial charge in [-0.15, -0.1) is 0 Å². The van der Waals surface area contributed by atoms with Crippen LogP contribution in [0.1, 0.15) is 24.8 Å². The first-order chi connectivity index (χ1) is 14.7. The fourth-order valence-electron chi connectivity index (χ4n) is 3.08. The molecule has 1 aromatic heterocycles. The highest BCUT2D eigenvalue weighted by atomic mass is 19.1. The van der Waals surface area contributed by atoms with E-state index >= 15 is 0 Å². The van der Waals surface area contributed by atoms with Crippen LogP contribution in [0.5, 0.6) is 0 Å². The molecular formula is C21H21F2N7. The molecule has 0 spiro atoms. The van der Waals surface area contributed by atoms with Gasteiger partial charge >= 0.3 is 0 Å². The maximum Gasteiger partial charge on any atom is 0.250 e. The maximum atomic E-state index is 13.2. The van der Waals surface area contributed by atoms with Crippen LogP contribution in [0.3, 0.4) is 0 Å². The predicted molar refractivity (Wildman–Crippen MR) is 113 cm³/mol. The molecule has 30 heavy (non-hydrogen) atoms. The minimum absolute atomic E-state index is 0.272. The van der Waals surface area contributed by atoms with Crippen molar-refractivity contribution in [3.8, 4) is 0 Å². The van der Waals surface area contributed by atoms with Crippen molar-refractivity contribution in [3.05, 3.63) is 65.7 Å². The zero-order chi connectivity index (χ0) is 20.8. The first-order valence-electron chi connectivity index (χ1n) is 9.74. The topological polar surface area (TPSA) is 78.3 Å². The van der Waals surface area contributed by atoms with Crippen LogP contribution in [-0.4, -0.2) is 34.3 Å². The Hall–Kier alpha value is -3.62. The van der Waals surface area contributed by atoms with E-state index in [0.29, 0.717) is 17.6 Å². The number of piperidine rings is 1. The van der Waals surface area contributed by atoms with Crippen LogP contribution in [0.4, 0.5) is 32.3 Å². The summed E-state index contributed by atoms with van der Waals surface area (Å²) in [6, 6.07) is 11.9. The highest BCUT2D eigenvalue weighted by Gasteiger charge is 2.16. The van der Waals surface area contributed by atoms with Crippen LogP contribution < -0.4 is 15.6 Å². The summed E-state index contributed by atoms with van der Waals surface area (Å²) in [6.07, 6.45) is 4.90. The molecule has 0 saturated carbocycles. The molecule has 154 valence electrons. The lowest BCUT2D eigenvalue weighted by Crippen LogP contribution is -2.31. The predicted octanol–water partition coefficient (Wildman–Crippen LogP) is 4.33. The molecule has 0 unspecified atom stereocenters. The molecule has 7 nitrogen and oxygen atoms in total. The van der Waals surface area contributed by atoms with E-state index in [1.165, 1.54) is 30.7 Å². The number of hydrogen-bond donors (Lipinski definition) is 2. The van der Waals surface area contributed by atoms with E-state index < -0.39 is 0 Å². The summed E-state index contributed by atoms with van der Waals surface area (Å²) in [5.74, 6) is 0.530. The Labute approximate surface area is 172 Å². The van der Waals surface area contributed by atoms with Crippen molar-refractivity contribution >= 4 is 29.7 Å². The van der Waals surface area contributed by atoms with E-state index in [1.807, 2.05) is 0 Å². The summed E-state index contributed by atoms with van der Waals surface area (Å²) in [7, 11) is 0. The molecule has 4 rings (SSSR count). The highest BCUT2D eigenvalue weighted by molar-refractivity contribution is 5.79. The van der Waals surface area contributed by atoms with Crippen LogP contribution in [-0.2, 0) is 0 Å². The molecule has 0 bridgehead atoms. The third-order valence-corrected chi connectivity index (χ3v) is 4.61. The van der Waals surface area contributed by atoms with Crippen LogP contribution in [0, 0.1) is 11.6 Å². The monoisotopic (exact) mass is 409 g/mol. The largest absolute Gasteiger partial charge is 0.341 e. The van der Waals surface area contributed by atoms with Gasteiger partial charge in [0.05, 0.1) is 6.21 Å². The lowest BCUT2D eigenvalue weighted by Gasteiger charge is -2.26. The second-order valence-electron chi connectivity index (χ2n) is 6.88. The van der Waals surface area contributed by atoms with E-state index in [9.17, 15) is 8.78 Å². The summed E-state index contributed by atoms with van der Waals surface area (Å²) < 4.78 is 26.2. The third-order valence-electron chi connectivity index (χ3n) is 4.61. The lowest BCUT2D eigenvalue weighted by atomic mass is 10.1. The molecule has 0 amide bonds. The normalized spacial score (nSPS) is 14.1. The second kappa shape index (κ2) is 9.25. The van der Waals surface area contributed by atoms with Gasteiger partial charge in [0.1, 0.15) is 11.6 Å². The number of anilines is 4. The average molecular weight is 409 g/mol. The summed E-state index contributed by atoms with van der Waals surface area (Å²) in [6.45, 7) is 1.75. The number of halogens is 2. The van der Waals surface area contributed by atoms with E-state index in [0.717, 1.165) is 31.5 Å². The number of nitrogens with one attached hydrogen (secondary N) is 2. The maximum absolute atomic E-state index is 13.2. The molecule has 3 aromatic rings. The Kier molecular flexibility index (Phi) is 6.07. The molecular weight excluding hydrogens is 388 g/mol. The van der Waals surface area contributed by atoms with Crippen molar-refractivity contribution in [2.24, 2.45) is 5.10 Å². The number of hydrazone groups is 1. The van der Waals surface area contributed by atoms with Crippen molar-refractivity contribution in [2.75, 3.05) is 28.7 Å². The van der Waals surface area contributed by atoms with Gasteiger partial charge in [0.15, 0.2) is 0 Å². The zero-order valence-electron chi connectivity index (χ0n) is 16.2. The summed E-state index contributed by atoms with van der Waals surface area (Å²) in [5.41, 5.74) is 4.20. The first-order valence-corrected chi connectivity index (χ1v) is 9.74. The lowest BCUT2D eigenvalue weighted by molar-refractivity contribution is 0.568. The Morgan fingerprint density at radius 2 is 1.43 bits per heavy atom. The quantitative estimate of drug-likeness (QED) is 0.466. The van der Waals surface area contributed by atoms with Crippen LogP contribution >= 0.6 is 0 Å². The fourth-order valence-corrected chi connectivity index (χ4v) is 3.08. The van der Waals surface area contributed by atoms with Gasteiger partial charge in [0.25, 0.3) is 0 Å². The molecule has 2 aromatic carbocycles. The van der Waals surface area contributed by atoms with Crippen LogP contribution in [0.15, 0.2) is 53.6 Å². The number of benzene rings is 2. The standard InChI is InChI=1S/C21H21F2N7/c22-16-6-4-15(5-7-16)14-24-29-20-26-19(25-18-10-8-17(23)9-11-18)27-21(28-20)30-12-2-1-3-13-30/h4-11,14H,1-3,12-13H2,(H2,25,26,27,28,29)/b24-14-. The Balaban J connectivity index is 1.55. The van der Waals surface area contributed by atoms with Gasteiger partial charge in [0, 0.05) is 18.8 Å². The minimum atomic E-state index is -0.317. The molecule has 1 fully saturated rings. The van der Waals surface area contributed by atoms with Gasteiger partial charge in [0.2, 0.25) is 17.8 Å². The Morgan fingerprint density at radius 3 is 2.13 bits per heavy atom. The second-order valence-corrected chi connectivity index (χ2v) is 6.88. The molecule has 0 atom stereocenters.